The lowest BCUT2D eigenvalue weighted by Crippen LogP contribution is -2.32. The highest BCUT2D eigenvalue weighted by Gasteiger charge is 2.25. The summed E-state index contributed by atoms with van der Waals surface area (Å²) in [7, 11) is -1.89. The first-order valence-corrected chi connectivity index (χ1v) is 8.69. The van der Waals surface area contributed by atoms with Crippen molar-refractivity contribution in [2.24, 2.45) is 7.05 Å². The number of sulfone groups is 1. The quantitative estimate of drug-likeness (QED) is 0.908. The van der Waals surface area contributed by atoms with Gasteiger partial charge in [-0.1, -0.05) is 23.7 Å². The van der Waals surface area contributed by atoms with Crippen LogP contribution in [0, 0.1) is 0 Å². The maximum atomic E-state index is 11.9. The zero-order valence-corrected chi connectivity index (χ0v) is 13.8. The van der Waals surface area contributed by atoms with E-state index in [9.17, 15) is 13.2 Å². The van der Waals surface area contributed by atoms with Gasteiger partial charge in [-0.15, -0.1) is 5.10 Å². The smallest absolute Gasteiger partial charge is 0.244 e. The lowest BCUT2D eigenvalue weighted by Gasteiger charge is -2.08. The summed E-state index contributed by atoms with van der Waals surface area (Å²) in [6.07, 6.45) is 1.00. The van der Waals surface area contributed by atoms with E-state index in [2.05, 4.69) is 15.4 Å². The second-order valence-electron chi connectivity index (χ2n) is 4.82. The number of aromatic nitrogens is 3. The molecule has 2 rings (SSSR count). The third-order valence-electron chi connectivity index (χ3n) is 3.12. The Morgan fingerprint density at radius 3 is 2.59 bits per heavy atom. The van der Waals surface area contributed by atoms with Crippen LogP contribution in [-0.4, -0.2) is 40.6 Å². The number of nitrogens with zero attached hydrogens (tertiary/aromatic N) is 3. The number of rotatable bonds is 4. The van der Waals surface area contributed by atoms with Crippen molar-refractivity contribution in [3.8, 4) is 11.4 Å². The molecule has 22 heavy (non-hydrogen) atoms. The Balaban J connectivity index is 2.28. The number of carbonyl (C=O) groups excluding carboxylic acids is 1. The summed E-state index contributed by atoms with van der Waals surface area (Å²) in [5, 5.41) is 5.94. The Kier molecular flexibility index (Phi) is 4.52. The molecule has 1 heterocycles. The highest BCUT2D eigenvalue weighted by molar-refractivity contribution is 7.92. The van der Waals surface area contributed by atoms with Crippen molar-refractivity contribution in [1.82, 2.24) is 14.8 Å². The van der Waals surface area contributed by atoms with E-state index < -0.39 is 21.0 Å². The molecule has 7 nitrogen and oxygen atoms in total. The molecule has 0 fully saturated rings. The molecular formula is C13H15ClN4O3S. The Labute approximate surface area is 133 Å². The van der Waals surface area contributed by atoms with Crippen LogP contribution in [0.15, 0.2) is 24.3 Å². The number of nitrogens with one attached hydrogen (secondary N) is 1. The first kappa shape index (κ1) is 16.4. The van der Waals surface area contributed by atoms with Crippen LogP contribution < -0.4 is 5.32 Å². The number of hydrogen-bond acceptors (Lipinski definition) is 5. The first-order chi connectivity index (χ1) is 10.2. The molecule has 0 unspecified atom stereocenters. The molecule has 0 aliphatic carbocycles. The van der Waals surface area contributed by atoms with Crippen LogP contribution in [0.3, 0.4) is 0 Å². The van der Waals surface area contributed by atoms with Gasteiger partial charge in [0.05, 0.1) is 5.02 Å². The monoisotopic (exact) mass is 342 g/mol. The maximum Gasteiger partial charge on any atom is 0.244 e. The molecule has 9 heteroatoms. The number of anilines is 1. The molecule has 118 valence electrons. The van der Waals surface area contributed by atoms with Gasteiger partial charge < -0.3 is 0 Å². The zero-order valence-electron chi connectivity index (χ0n) is 12.2. The van der Waals surface area contributed by atoms with E-state index in [1.807, 2.05) is 0 Å². The number of halogens is 1. The molecular weight excluding hydrogens is 328 g/mol. The summed E-state index contributed by atoms with van der Waals surface area (Å²) in [5.74, 6) is -0.172. The Morgan fingerprint density at radius 1 is 1.36 bits per heavy atom. The largest absolute Gasteiger partial charge is 0.294 e. The van der Waals surface area contributed by atoms with E-state index in [-0.39, 0.29) is 5.95 Å². The number of carbonyl (C=O) groups is 1. The fourth-order valence-corrected chi connectivity index (χ4v) is 2.32. The molecule has 0 saturated carbocycles. The van der Waals surface area contributed by atoms with Crippen molar-refractivity contribution in [1.29, 1.82) is 0 Å². The van der Waals surface area contributed by atoms with E-state index in [1.165, 1.54) is 11.6 Å². The normalized spacial score (nSPS) is 12.9. The molecule has 2 aromatic rings. The van der Waals surface area contributed by atoms with Crippen LogP contribution in [0.5, 0.6) is 0 Å². The molecule has 0 radical (unpaired) electrons. The average molecular weight is 343 g/mol. The van der Waals surface area contributed by atoms with Gasteiger partial charge in [0.2, 0.25) is 11.9 Å². The van der Waals surface area contributed by atoms with Gasteiger partial charge in [0.25, 0.3) is 0 Å². The summed E-state index contributed by atoms with van der Waals surface area (Å²) in [6, 6.07) is 7.03. The number of hydrogen-bond donors (Lipinski definition) is 1. The van der Waals surface area contributed by atoms with Gasteiger partial charge in [-0.2, -0.15) is 4.98 Å². The van der Waals surface area contributed by atoms with Crippen molar-refractivity contribution in [3.63, 3.8) is 0 Å². The van der Waals surface area contributed by atoms with E-state index in [4.69, 9.17) is 11.6 Å². The molecule has 1 aromatic carbocycles. The number of amides is 1. The maximum absolute atomic E-state index is 11.9. The summed E-state index contributed by atoms with van der Waals surface area (Å²) in [6.45, 7) is 1.32. The van der Waals surface area contributed by atoms with Crippen LogP contribution >= 0.6 is 11.6 Å². The molecule has 0 bridgehead atoms. The fourth-order valence-electron chi connectivity index (χ4n) is 1.66. The van der Waals surface area contributed by atoms with E-state index in [1.54, 1.807) is 31.3 Å². The van der Waals surface area contributed by atoms with Crippen molar-refractivity contribution in [2.75, 3.05) is 11.6 Å². The minimum atomic E-state index is -3.48. The van der Waals surface area contributed by atoms with E-state index in [0.717, 1.165) is 6.26 Å². The molecule has 0 saturated heterocycles. The van der Waals surface area contributed by atoms with Crippen LogP contribution in [-0.2, 0) is 21.7 Å². The van der Waals surface area contributed by atoms with Crippen LogP contribution in [0.25, 0.3) is 11.4 Å². The van der Waals surface area contributed by atoms with Gasteiger partial charge in [-0.05, 0) is 19.1 Å². The minimum absolute atomic E-state index is 0.149. The van der Waals surface area contributed by atoms with E-state index in [0.29, 0.717) is 16.4 Å². The predicted octanol–water partition coefficient (Wildman–Crippen LogP) is 1.51. The summed E-state index contributed by atoms with van der Waals surface area (Å²) in [4.78, 5) is 16.1. The third-order valence-corrected chi connectivity index (χ3v) is 4.95. The van der Waals surface area contributed by atoms with Crippen molar-refractivity contribution in [2.45, 2.75) is 12.2 Å². The highest BCUT2D eigenvalue weighted by atomic mass is 35.5. The highest BCUT2D eigenvalue weighted by Crippen LogP contribution is 2.25. The SMILES string of the molecule is C[C@H](C(=O)Nc1nc(-c2ccccc2Cl)nn1C)S(C)(=O)=O. The van der Waals surface area contributed by atoms with Crippen molar-refractivity contribution in [3.05, 3.63) is 29.3 Å². The van der Waals surface area contributed by atoms with Crippen molar-refractivity contribution >= 4 is 33.3 Å². The molecule has 1 aromatic heterocycles. The second-order valence-corrected chi connectivity index (χ2v) is 7.60. The van der Waals surface area contributed by atoms with Gasteiger partial charge in [-0.3, -0.25) is 10.1 Å². The Morgan fingerprint density at radius 2 is 2.00 bits per heavy atom. The Bertz CT molecular complexity index is 816. The molecule has 1 N–H and O–H groups in total. The van der Waals surface area contributed by atoms with Gasteiger partial charge in [-0.25, -0.2) is 13.1 Å². The molecule has 1 atom stereocenters. The molecule has 0 aliphatic heterocycles. The third kappa shape index (κ3) is 3.45. The van der Waals surface area contributed by atoms with Gasteiger partial charge in [0, 0.05) is 18.9 Å². The molecule has 1 amide bonds. The summed E-state index contributed by atoms with van der Waals surface area (Å²) >= 11 is 6.08. The first-order valence-electron chi connectivity index (χ1n) is 6.36. The number of aryl methyl sites for hydroxylation is 1. The van der Waals surface area contributed by atoms with Crippen molar-refractivity contribution < 1.29 is 13.2 Å². The van der Waals surface area contributed by atoms with Crippen LogP contribution in [0.4, 0.5) is 5.95 Å². The predicted molar refractivity (Wildman–Crippen MR) is 84.4 cm³/mol. The fraction of sp³-hybridized carbons (Fsp3) is 0.308. The summed E-state index contributed by atoms with van der Waals surface area (Å²) < 4.78 is 24.1. The average Bonchev–Trinajstić information content (AvgIpc) is 2.78. The molecule has 0 spiro atoms. The lowest BCUT2D eigenvalue weighted by molar-refractivity contribution is -0.115. The summed E-state index contributed by atoms with van der Waals surface area (Å²) in [5.41, 5.74) is 0.622. The Hall–Kier alpha value is -1.93. The van der Waals surface area contributed by atoms with Gasteiger partial charge >= 0.3 is 0 Å². The van der Waals surface area contributed by atoms with Crippen LogP contribution in [0.2, 0.25) is 5.02 Å². The second kappa shape index (κ2) is 6.05. The zero-order chi connectivity index (χ0) is 16.5. The van der Waals surface area contributed by atoms with Gasteiger partial charge in [0.15, 0.2) is 15.7 Å². The van der Waals surface area contributed by atoms with Crippen LogP contribution in [0.1, 0.15) is 6.92 Å². The molecule has 0 aliphatic rings. The number of benzene rings is 1. The standard InChI is InChI=1S/C13H15ClN4O3S/c1-8(22(3,20)21)12(19)16-13-15-11(17-18(13)2)9-6-4-5-7-10(9)14/h4-8H,1-3H3,(H,15,16,17,19)/t8-/m1/s1. The lowest BCUT2D eigenvalue weighted by atomic mass is 10.2. The van der Waals surface area contributed by atoms with E-state index >= 15 is 0 Å². The minimum Gasteiger partial charge on any atom is -0.294 e. The van der Waals surface area contributed by atoms with Gasteiger partial charge in [0.1, 0.15) is 5.25 Å². The topological polar surface area (TPSA) is 93.9 Å².